The molecule has 3 aromatic rings. The number of thiophene rings is 2. The minimum atomic E-state index is -1.01. The summed E-state index contributed by atoms with van der Waals surface area (Å²) in [5.74, 6) is -1.38. The van der Waals surface area contributed by atoms with Gasteiger partial charge in [0.25, 0.3) is 0 Å². The summed E-state index contributed by atoms with van der Waals surface area (Å²) < 4.78 is 14.7. The first-order valence-corrected chi connectivity index (χ1v) is 8.02. The van der Waals surface area contributed by atoms with Crippen LogP contribution < -0.4 is 5.32 Å². The van der Waals surface area contributed by atoms with Crippen molar-refractivity contribution >= 4 is 38.7 Å². The number of fused-ring (bicyclic) bond motifs is 1. The molecule has 0 aliphatic heterocycles. The number of carboxylic acid groups (broad SMARTS) is 1. The van der Waals surface area contributed by atoms with E-state index in [0.717, 1.165) is 16.2 Å². The molecule has 0 radical (unpaired) electrons. The molecule has 0 bridgehead atoms. The van der Waals surface area contributed by atoms with Crippen molar-refractivity contribution in [3.63, 3.8) is 0 Å². The summed E-state index contributed by atoms with van der Waals surface area (Å²) in [6, 6.07) is 8.68. The van der Waals surface area contributed by atoms with Gasteiger partial charge in [-0.2, -0.15) is 0 Å². The van der Waals surface area contributed by atoms with Crippen LogP contribution in [0.2, 0.25) is 0 Å². The monoisotopic (exact) mass is 321 g/mol. The third-order valence-electron chi connectivity index (χ3n) is 3.14. The van der Waals surface area contributed by atoms with Gasteiger partial charge in [-0.15, -0.1) is 22.7 Å². The topological polar surface area (TPSA) is 49.3 Å². The molecule has 3 nitrogen and oxygen atoms in total. The van der Waals surface area contributed by atoms with Gasteiger partial charge in [0.2, 0.25) is 0 Å². The minimum Gasteiger partial charge on any atom is -0.477 e. The molecule has 0 saturated heterocycles. The van der Waals surface area contributed by atoms with Gasteiger partial charge in [-0.3, -0.25) is 0 Å². The fraction of sp³-hybridized carbons (Fsp3) is 0.133. The number of carbonyl (C=O) groups is 1. The Labute approximate surface area is 128 Å². The average molecular weight is 321 g/mol. The normalized spacial score (nSPS) is 11.1. The molecule has 0 saturated carbocycles. The first kappa shape index (κ1) is 14.2. The molecule has 0 fully saturated rings. The fourth-order valence-corrected chi connectivity index (χ4v) is 3.98. The molecule has 1 aromatic carbocycles. The third-order valence-corrected chi connectivity index (χ3v) is 5.20. The molecule has 0 unspecified atom stereocenters. The zero-order valence-corrected chi connectivity index (χ0v) is 12.6. The Morgan fingerprint density at radius 2 is 2.10 bits per heavy atom. The van der Waals surface area contributed by atoms with Crippen LogP contribution in [-0.2, 0) is 13.1 Å². The van der Waals surface area contributed by atoms with Gasteiger partial charge in [0.05, 0.1) is 0 Å². The molecule has 2 heterocycles. The number of benzene rings is 1. The summed E-state index contributed by atoms with van der Waals surface area (Å²) in [4.78, 5) is 12.7. The van der Waals surface area contributed by atoms with Crippen LogP contribution in [0.4, 0.5) is 4.39 Å². The van der Waals surface area contributed by atoms with Gasteiger partial charge in [0.1, 0.15) is 10.7 Å². The highest BCUT2D eigenvalue weighted by atomic mass is 32.1. The summed E-state index contributed by atoms with van der Waals surface area (Å²) in [6.07, 6.45) is 0. The standard InChI is InChI=1S/C15H12FNO2S2/c16-11-4-1-5-12-13(11)10(14(21-12)15(18)19)8-17-7-9-3-2-6-20-9/h1-6,17H,7-8H2,(H,18,19). The van der Waals surface area contributed by atoms with E-state index < -0.39 is 5.97 Å². The van der Waals surface area contributed by atoms with Crippen LogP contribution in [0.25, 0.3) is 10.1 Å². The van der Waals surface area contributed by atoms with Gasteiger partial charge < -0.3 is 10.4 Å². The highest BCUT2D eigenvalue weighted by Gasteiger charge is 2.19. The summed E-state index contributed by atoms with van der Waals surface area (Å²) in [5, 5.41) is 14.9. The number of carboxylic acids is 1. The number of rotatable bonds is 5. The van der Waals surface area contributed by atoms with E-state index >= 15 is 0 Å². The minimum absolute atomic E-state index is 0.203. The van der Waals surface area contributed by atoms with E-state index in [1.54, 1.807) is 23.5 Å². The highest BCUT2D eigenvalue weighted by molar-refractivity contribution is 7.21. The Kier molecular flexibility index (Phi) is 4.01. The second-order valence-electron chi connectivity index (χ2n) is 4.51. The number of aromatic carboxylic acids is 1. The zero-order chi connectivity index (χ0) is 14.8. The van der Waals surface area contributed by atoms with Crippen LogP contribution in [-0.4, -0.2) is 11.1 Å². The molecule has 2 N–H and O–H groups in total. The van der Waals surface area contributed by atoms with Crippen LogP contribution in [0.15, 0.2) is 35.7 Å². The van der Waals surface area contributed by atoms with Gasteiger partial charge in [-0.25, -0.2) is 9.18 Å². The van der Waals surface area contributed by atoms with Crippen molar-refractivity contribution in [1.29, 1.82) is 0 Å². The van der Waals surface area contributed by atoms with Crippen LogP contribution in [0.5, 0.6) is 0 Å². The van der Waals surface area contributed by atoms with E-state index in [9.17, 15) is 14.3 Å². The van der Waals surface area contributed by atoms with Crippen LogP contribution in [0.3, 0.4) is 0 Å². The molecular formula is C15H12FNO2S2. The molecule has 0 atom stereocenters. The predicted molar refractivity (Wildman–Crippen MR) is 83.6 cm³/mol. The van der Waals surface area contributed by atoms with Crippen molar-refractivity contribution in [2.75, 3.05) is 0 Å². The van der Waals surface area contributed by atoms with Crippen molar-refractivity contribution in [3.05, 3.63) is 56.8 Å². The number of hydrogen-bond acceptors (Lipinski definition) is 4. The van der Waals surface area contributed by atoms with Crippen molar-refractivity contribution in [3.8, 4) is 0 Å². The van der Waals surface area contributed by atoms with E-state index in [0.29, 0.717) is 28.7 Å². The predicted octanol–water partition coefficient (Wildman–Crippen LogP) is 4.09. The van der Waals surface area contributed by atoms with E-state index in [4.69, 9.17) is 0 Å². The summed E-state index contributed by atoms with van der Waals surface area (Å²) in [6.45, 7) is 0.975. The van der Waals surface area contributed by atoms with Crippen molar-refractivity contribution in [2.24, 2.45) is 0 Å². The SMILES string of the molecule is O=C(O)c1sc2cccc(F)c2c1CNCc1cccs1. The second kappa shape index (κ2) is 5.93. The molecule has 0 spiro atoms. The number of halogens is 1. The smallest absolute Gasteiger partial charge is 0.346 e. The van der Waals surface area contributed by atoms with Gasteiger partial charge in [-0.05, 0) is 23.6 Å². The van der Waals surface area contributed by atoms with Gasteiger partial charge >= 0.3 is 5.97 Å². The van der Waals surface area contributed by atoms with Gasteiger partial charge in [0.15, 0.2) is 0 Å². The van der Waals surface area contributed by atoms with Crippen molar-refractivity contribution < 1.29 is 14.3 Å². The van der Waals surface area contributed by atoms with E-state index in [-0.39, 0.29) is 10.7 Å². The third kappa shape index (κ3) is 2.83. The van der Waals surface area contributed by atoms with E-state index in [1.165, 1.54) is 6.07 Å². The summed E-state index contributed by atoms with van der Waals surface area (Å²) >= 11 is 2.74. The van der Waals surface area contributed by atoms with E-state index in [1.807, 2.05) is 17.5 Å². The molecule has 3 rings (SSSR count). The van der Waals surface area contributed by atoms with Gasteiger partial charge in [-0.1, -0.05) is 12.1 Å². The number of hydrogen-bond donors (Lipinski definition) is 2. The van der Waals surface area contributed by atoms with Crippen LogP contribution >= 0.6 is 22.7 Å². The van der Waals surface area contributed by atoms with Gasteiger partial charge in [0, 0.05) is 33.6 Å². The Hall–Kier alpha value is -1.76. The molecule has 21 heavy (non-hydrogen) atoms. The Morgan fingerprint density at radius 3 is 2.81 bits per heavy atom. The lowest BCUT2D eigenvalue weighted by molar-refractivity contribution is 0.0701. The van der Waals surface area contributed by atoms with Crippen LogP contribution in [0.1, 0.15) is 20.1 Å². The van der Waals surface area contributed by atoms with Crippen molar-refractivity contribution in [2.45, 2.75) is 13.1 Å². The largest absolute Gasteiger partial charge is 0.477 e. The Morgan fingerprint density at radius 1 is 1.24 bits per heavy atom. The molecule has 6 heteroatoms. The second-order valence-corrected chi connectivity index (χ2v) is 6.60. The molecule has 108 valence electrons. The lowest BCUT2D eigenvalue weighted by atomic mass is 10.1. The molecular weight excluding hydrogens is 309 g/mol. The first-order valence-electron chi connectivity index (χ1n) is 6.33. The summed E-state index contributed by atoms with van der Waals surface area (Å²) in [7, 11) is 0. The fourth-order valence-electron chi connectivity index (χ4n) is 2.23. The van der Waals surface area contributed by atoms with Crippen molar-refractivity contribution in [1.82, 2.24) is 5.32 Å². The molecule has 0 aliphatic carbocycles. The van der Waals surface area contributed by atoms with Crippen LogP contribution in [0, 0.1) is 5.82 Å². The highest BCUT2D eigenvalue weighted by Crippen LogP contribution is 2.33. The number of nitrogens with one attached hydrogen (secondary N) is 1. The molecule has 0 amide bonds. The Bertz CT molecular complexity index is 780. The quantitative estimate of drug-likeness (QED) is 0.744. The first-order chi connectivity index (χ1) is 10.2. The summed E-state index contributed by atoms with van der Waals surface area (Å²) in [5.41, 5.74) is 0.525. The maximum absolute atomic E-state index is 14.0. The lowest BCUT2D eigenvalue weighted by Gasteiger charge is -2.05. The lowest BCUT2D eigenvalue weighted by Crippen LogP contribution is -2.13. The maximum Gasteiger partial charge on any atom is 0.346 e. The molecule has 2 aromatic heterocycles. The van der Waals surface area contributed by atoms with E-state index in [2.05, 4.69) is 5.32 Å². The average Bonchev–Trinajstić information content (AvgIpc) is 3.07. The maximum atomic E-state index is 14.0. The molecule has 0 aliphatic rings. The zero-order valence-electron chi connectivity index (χ0n) is 10.9. The Balaban J connectivity index is 1.91.